The predicted molar refractivity (Wildman–Crippen MR) is 183 cm³/mol. The first-order valence-electron chi connectivity index (χ1n) is 15.9. The summed E-state index contributed by atoms with van der Waals surface area (Å²) < 4.78 is 67.6. The molecule has 272 valence electrons. The van der Waals surface area contributed by atoms with Crippen LogP contribution in [0, 0.1) is 23.3 Å². The molecule has 4 aromatic carbocycles. The molecule has 0 aliphatic carbocycles. The molecule has 1 atom stereocenters. The highest BCUT2D eigenvalue weighted by Gasteiger charge is 2.35. The van der Waals surface area contributed by atoms with E-state index in [1.165, 1.54) is 29.0 Å². The Hall–Kier alpha value is -5.63. The van der Waals surface area contributed by atoms with Crippen molar-refractivity contribution >= 4 is 41.3 Å². The third kappa shape index (κ3) is 8.45. The van der Waals surface area contributed by atoms with Gasteiger partial charge in [0.1, 0.15) is 29.9 Å². The van der Waals surface area contributed by atoms with E-state index in [1.807, 2.05) is 18.2 Å². The average molecular weight is 741 g/mol. The van der Waals surface area contributed by atoms with Gasteiger partial charge in [0.15, 0.2) is 5.75 Å². The van der Waals surface area contributed by atoms with Gasteiger partial charge in [-0.2, -0.15) is 0 Å². The van der Waals surface area contributed by atoms with E-state index in [2.05, 4.69) is 5.32 Å². The van der Waals surface area contributed by atoms with Gasteiger partial charge in [0.25, 0.3) is 5.91 Å². The number of esters is 1. The second kappa shape index (κ2) is 16.1. The highest BCUT2D eigenvalue weighted by Crippen LogP contribution is 2.39. The number of ether oxygens (including phenoxy) is 2. The number of carbonyl (C=O) groups is 4. The number of fused-ring (bicyclic) bond motifs is 1. The summed E-state index contributed by atoms with van der Waals surface area (Å²) in [5.74, 6) is -5.76. The van der Waals surface area contributed by atoms with E-state index < -0.39 is 72.0 Å². The first-order chi connectivity index (χ1) is 24.7. The third-order valence-corrected chi connectivity index (χ3v) is 8.96. The Kier molecular flexibility index (Phi) is 11.7. The zero-order valence-electron chi connectivity index (χ0n) is 28.2. The van der Waals surface area contributed by atoms with Gasteiger partial charge in [0.05, 0.1) is 29.7 Å². The van der Waals surface area contributed by atoms with E-state index in [1.54, 1.807) is 32.2 Å². The Morgan fingerprint density at radius 2 is 1.62 bits per heavy atom. The maximum Gasteiger partial charge on any atom is 0.415 e. The van der Waals surface area contributed by atoms with Crippen molar-refractivity contribution in [3.05, 3.63) is 129 Å². The Morgan fingerprint density at radius 1 is 0.923 bits per heavy atom. The summed E-state index contributed by atoms with van der Waals surface area (Å²) >= 11 is 6.56. The van der Waals surface area contributed by atoms with Crippen molar-refractivity contribution in [1.82, 2.24) is 15.1 Å². The fraction of sp³-hybridized carbons (Fsp3) is 0.243. The molecule has 0 spiro atoms. The van der Waals surface area contributed by atoms with Crippen molar-refractivity contribution in [2.24, 2.45) is 0 Å². The smallest absolute Gasteiger partial charge is 0.415 e. The van der Waals surface area contributed by atoms with Gasteiger partial charge < -0.3 is 24.6 Å². The summed E-state index contributed by atoms with van der Waals surface area (Å²) in [6.45, 7) is 0.746. The van der Waals surface area contributed by atoms with Crippen LogP contribution in [0.25, 0.3) is 0 Å². The van der Waals surface area contributed by atoms with Crippen molar-refractivity contribution in [2.45, 2.75) is 39.1 Å². The average Bonchev–Trinajstić information content (AvgIpc) is 3.12. The highest BCUT2D eigenvalue weighted by atomic mass is 35.5. The molecule has 4 amide bonds. The number of urea groups is 1. The van der Waals surface area contributed by atoms with Gasteiger partial charge in [-0.25, -0.2) is 27.2 Å². The molecular weight excluding hydrogens is 708 g/mol. The lowest BCUT2D eigenvalue weighted by atomic mass is 9.98. The molecule has 15 heteroatoms. The molecular formula is C37H33ClF4N4O6. The van der Waals surface area contributed by atoms with Crippen LogP contribution in [0.1, 0.15) is 52.0 Å². The number of carbonyl (C=O) groups excluding carboxylic acids is 4. The monoisotopic (exact) mass is 740 g/mol. The van der Waals surface area contributed by atoms with E-state index in [9.17, 15) is 32.3 Å². The van der Waals surface area contributed by atoms with Crippen molar-refractivity contribution < 1.29 is 46.2 Å². The molecule has 10 nitrogen and oxygen atoms in total. The lowest BCUT2D eigenvalue weighted by Crippen LogP contribution is -2.46. The quantitative estimate of drug-likeness (QED) is 0.126. The van der Waals surface area contributed by atoms with Gasteiger partial charge in [-0.15, -0.1) is 0 Å². The number of hydrogen-bond donors (Lipinski definition) is 1. The van der Waals surface area contributed by atoms with Gasteiger partial charge in [-0.1, -0.05) is 48.0 Å². The minimum atomic E-state index is -1.17. The molecule has 0 unspecified atom stereocenters. The number of nitrogens with one attached hydrogen (secondary N) is 1. The number of rotatable bonds is 11. The largest absolute Gasteiger partial charge is 0.461 e. The van der Waals surface area contributed by atoms with E-state index in [0.717, 1.165) is 22.6 Å². The van der Waals surface area contributed by atoms with Gasteiger partial charge >= 0.3 is 18.1 Å². The van der Waals surface area contributed by atoms with Crippen LogP contribution < -0.4 is 15.0 Å². The number of amides is 4. The number of nitrogens with zero attached hydrogens (tertiary/aromatic N) is 3. The molecule has 5 rings (SSSR count). The zero-order valence-corrected chi connectivity index (χ0v) is 29.0. The topological polar surface area (TPSA) is 108 Å². The Labute approximate surface area is 301 Å². The SMILES string of the molecule is C[C@H]1c2ccc(C(=O)NCc3c(F)cc(F)cc3F)cc2N(Cc2c(F)ccc(OC(=O)N(C)CCC(=O)OCc3ccccc3)c2Cl)C(=O)N1C. The van der Waals surface area contributed by atoms with Crippen LogP contribution in [-0.2, 0) is 29.2 Å². The molecule has 0 aromatic heterocycles. The summed E-state index contributed by atoms with van der Waals surface area (Å²) in [5, 5.41) is 2.09. The van der Waals surface area contributed by atoms with Crippen LogP contribution in [0.2, 0.25) is 5.02 Å². The van der Waals surface area contributed by atoms with Crippen LogP contribution in [0.5, 0.6) is 5.75 Å². The summed E-state index contributed by atoms with van der Waals surface area (Å²) in [6, 6.07) is 15.6. The van der Waals surface area contributed by atoms with E-state index in [-0.39, 0.29) is 47.2 Å². The Morgan fingerprint density at radius 3 is 2.31 bits per heavy atom. The molecule has 1 N–H and O–H groups in total. The lowest BCUT2D eigenvalue weighted by Gasteiger charge is -2.40. The standard InChI is InChI=1S/C37H33ClF4N4O6/c1-21-25-10-9-23(35(48)43-18-26-29(41)16-24(39)17-30(26)42)15-31(25)46(36(49)45(21)3)19-27-28(40)11-12-32(34(27)38)52-37(50)44(2)14-13-33(47)51-20-22-7-5-4-6-8-22/h4-12,15-17,21H,13-14,18-20H2,1-3H3,(H,43,48)/t21-/m0/s1. The fourth-order valence-corrected chi connectivity index (χ4v) is 5.65. The van der Waals surface area contributed by atoms with Gasteiger partial charge in [0.2, 0.25) is 0 Å². The summed E-state index contributed by atoms with van der Waals surface area (Å²) in [5.41, 5.74) is 0.909. The summed E-state index contributed by atoms with van der Waals surface area (Å²) in [7, 11) is 2.94. The third-order valence-electron chi connectivity index (χ3n) is 8.55. The lowest BCUT2D eigenvalue weighted by molar-refractivity contribution is -0.145. The fourth-order valence-electron chi connectivity index (χ4n) is 5.39. The minimum absolute atomic E-state index is 0.0115. The van der Waals surface area contributed by atoms with Gasteiger partial charge in [0, 0.05) is 56.0 Å². The second-order valence-corrected chi connectivity index (χ2v) is 12.4. The van der Waals surface area contributed by atoms with Crippen LogP contribution >= 0.6 is 11.6 Å². The molecule has 0 radical (unpaired) electrons. The molecule has 1 heterocycles. The minimum Gasteiger partial charge on any atom is -0.461 e. The maximum atomic E-state index is 15.3. The van der Waals surface area contributed by atoms with Crippen molar-refractivity contribution in [2.75, 3.05) is 25.5 Å². The maximum absolute atomic E-state index is 15.3. The van der Waals surface area contributed by atoms with Crippen LogP contribution in [0.3, 0.4) is 0 Å². The number of halogens is 5. The summed E-state index contributed by atoms with van der Waals surface area (Å²) in [4.78, 5) is 55.4. The number of hydrogen-bond acceptors (Lipinski definition) is 6. The molecule has 0 bridgehead atoms. The normalized spacial score (nSPS) is 13.8. The Balaban J connectivity index is 1.30. The highest BCUT2D eigenvalue weighted by molar-refractivity contribution is 6.33. The first-order valence-corrected chi connectivity index (χ1v) is 16.3. The van der Waals surface area contributed by atoms with Gasteiger partial charge in [-0.05, 0) is 42.3 Å². The second-order valence-electron chi connectivity index (χ2n) is 12.0. The van der Waals surface area contributed by atoms with E-state index >= 15 is 4.39 Å². The van der Waals surface area contributed by atoms with Gasteiger partial charge in [-0.3, -0.25) is 14.5 Å². The zero-order chi connectivity index (χ0) is 37.7. The van der Waals surface area contributed by atoms with Crippen LogP contribution in [-0.4, -0.2) is 54.4 Å². The first kappa shape index (κ1) is 37.6. The Bertz CT molecular complexity index is 1990. The molecule has 0 saturated carbocycles. The summed E-state index contributed by atoms with van der Waals surface area (Å²) in [6.07, 6.45) is -1.01. The predicted octanol–water partition coefficient (Wildman–Crippen LogP) is 7.52. The van der Waals surface area contributed by atoms with E-state index in [4.69, 9.17) is 21.1 Å². The number of anilines is 1. The molecule has 1 aliphatic rings. The van der Waals surface area contributed by atoms with Crippen molar-refractivity contribution in [1.29, 1.82) is 0 Å². The molecule has 0 fully saturated rings. The van der Waals surface area contributed by atoms with Crippen molar-refractivity contribution in [3.8, 4) is 5.75 Å². The number of benzene rings is 4. The molecule has 4 aromatic rings. The van der Waals surface area contributed by atoms with Crippen molar-refractivity contribution in [3.63, 3.8) is 0 Å². The molecule has 52 heavy (non-hydrogen) atoms. The molecule has 0 saturated heterocycles. The van der Waals surface area contributed by atoms with Crippen LogP contribution in [0.4, 0.5) is 32.8 Å². The van der Waals surface area contributed by atoms with Crippen LogP contribution in [0.15, 0.2) is 72.8 Å². The van der Waals surface area contributed by atoms with E-state index in [0.29, 0.717) is 17.7 Å². The molecule has 1 aliphatic heterocycles.